The van der Waals surface area contributed by atoms with Crippen LogP contribution in [0.25, 0.3) is 0 Å². The third kappa shape index (κ3) is 10.3. The Morgan fingerprint density at radius 1 is 0.891 bits per heavy atom. The van der Waals surface area contributed by atoms with Crippen molar-refractivity contribution in [1.82, 2.24) is 36.4 Å². The minimum atomic E-state index is -1.26. The van der Waals surface area contributed by atoms with Gasteiger partial charge in [0.2, 0.25) is 29.4 Å². The average molecular weight is 805 g/mol. The number of carbonyl (C=O) groups is 7. The van der Waals surface area contributed by atoms with Crippen LogP contribution in [0.4, 0.5) is 4.79 Å². The summed E-state index contributed by atoms with van der Waals surface area (Å²) in [4.78, 5) is 97.3. The Labute approximate surface area is 332 Å². The molecule has 1 aromatic carbocycles. The van der Waals surface area contributed by atoms with Crippen molar-refractivity contribution < 1.29 is 33.6 Å². The molecule has 1 aliphatic heterocycles. The first-order chi connectivity index (χ1) is 25.9. The number of fused-ring (bicyclic) bond motifs is 1. The van der Waals surface area contributed by atoms with Crippen LogP contribution < -0.4 is 26.6 Å². The van der Waals surface area contributed by atoms with Crippen molar-refractivity contribution in [2.45, 2.75) is 113 Å². The quantitative estimate of drug-likeness (QED) is 0.141. The van der Waals surface area contributed by atoms with Crippen LogP contribution in [0.3, 0.4) is 0 Å². The molecule has 1 saturated heterocycles. The number of likely N-dealkylation sites (N-methyl/N-ethyl adjacent to an activating group) is 1. The molecule has 0 aromatic heterocycles. The second-order valence-corrected chi connectivity index (χ2v) is 18.2. The first kappa shape index (κ1) is 42.2. The number of likely N-dealkylation sites (tertiary alicyclic amines) is 1. The largest absolute Gasteiger partial charge is 0.347 e. The summed E-state index contributed by atoms with van der Waals surface area (Å²) in [6.45, 7) is 5.02. The third-order valence-corrected chi connectivity index (χ3v) is 12.3. The predicted octanol–water partition coefficient (Wildman–Crippen LogP) is 2.97. The molecule has 5 N–H and O–H groups in total. The number of urea groups is 1. The molecular weight excluding hydrogens is 749 g/mol. The zero-order valence-corrected chi connectivity index (χ0v) is 33.8. The zero-order valence-electron chi connectivity index (χ0n) is 32.3. The molecule has 302 valence electrons. The van der Waals surface area contributed by atoms with Crippen LogP contribution in [-0.4, -0.2) is 106 Å². The van der Waals surface area contributed by atoms with Crippen molar-refractivity contribution in [3.63, 3.8) is 0 Å². The lowest BCUT2D eigenvalue weighted by Crippen LogP contribution is -2.61. The smallest absolute Gasteiger partial charge is 0.315 e. The maximum absolute atomic E-state index is 14.4. The highest BCUT2D eigenvalue weighted by Crippen LogP contribution is 2.65. The molecule has 14 nitrogen and oxygen atoms in total. The number of ketones is 1. The second-order valence-electron chi connectivity index (χ2n) is 16.8. The molecule has 6 atom stereocenters. The standard InChI is InChI=1S/C39H55Cl2N7O7/c1-38(2,3)46-37(55)45-30(24-17-10-7-11-18-24)36(54)48-21-25-28(39(25,40)41)31(48)33(51)43-26(19-22-13-12-14-22)32(50)34(52)42-20-27(49)44-29(35(53)47(4)5)23-15-8-6-9-16-23/h6,8-9,15-16,22,24-26,28-31H,7,10-14,17-21H2,1-5H3,(H,42,52)(H,43,51)(H,44,49)(H2,45,46,55)/t25-,26-,28-,29-,30-,31-/m0/s1. The van der Waals surface area contributed by atoms with E-state index in [9.17, 15) is 33.6 Å². The summed E-state index contributed by atoms with van der Waals surface area (Å²) in [5, 5.41) is 13.5. The Hall–Kier alpha value is -3.91. The van der Waals surface area contributed by atoms with Gasteiger partial charge in [-0.1, -0.05) is 68.9 Å². The van der Waals surface area contributed by atoms with Gasteiger partial charge in [-0.3, -0.25) is 28.8 Å². The van der Waals surface area contributed by atoms with E-state index in [2.05, 4.69) is 26.6 Å². The summed E-state index contributed by atoms with van der Waals surface area (Å²) in [7, 11) is 3.12. The van der Waals surface area contributed by atoms with Gasteiger partial charge in [-0.2, -0.15) is 0 Å². The van der Waals surface area contributed by atoms with E-state index in [0.717, 1.165) is 51.4 Å². The van der Waals surface area contributed by atoms with Crippen molar-refractivity contribution in [1.29, 1.82) is 0 Å². The fourth-order valence-electron chi connectivity index (χ4n) is 8.04. The number of alkyl halides is 2. The van der Waals surface area contributed by atoms with Crippen LogP contribution in [0.5, 0.6) is 0 Å². The average Bonchev–Trinajstić information content (AvgIpc) is 3.41. The number of hydrogen-bond donors (Lipinski definition) is 5. The molecule has 0 unspecified atom stereocenters. The summed E-state index contributed by atoms with van der Waals surface area (Å²) in [6.07, 6.45) is 7.12. The van der Waals surface area contributed by atoms with Crippen LogP contribution in [0.1, 0.15) is 90.2 Å². The van der Waals surface area contributed by atoms with Crippen molar-refractivity contribution >= 4 is 64.6 Å². The Morgan fingerprint density at radius 3 is 2.13 bits per heavy atom. The molecule has 4 aliphatic rings. The molecule has 1 heterocycles. The summed E-state index contributed by atoms with van der Waals surface area (Å²) < 4.78 is -1.26. The Kier molecular flexibility index (Phi) is 13.4. The maximum atomic E-state index is 14.4. The van der Waals surface area contributed by atoms with Crippen LogP contribution in [0, 0.1) is 23.7 Å². The van der Waals surface area contributed by atoms with Gasteiger partial charge in [-0.05, 0) is 57.4 Å². The minimum Gasteiger partial charge on any atom is -0.347 e. The van der Waals surface area contributed by atoms with E-state index in [4.69, 9.17) is 23.2 Å². The van der Waals surface area contributed by atoms with E-state index < -0.39 is 87.9 Å². The number of benzene rings is 1. The highest BCUT2D eigenvalue weighted by atomic mass is 35.5. The van der Waals surface area contributed by atoms with Crippen molar-refractivity contribution in [2.75, 3.05) is 27.2 Å². The normalized spacial score (nSPS) is 23.5. The Morgan fingerprint density at radius 2 is 1.55 bits per heavy atom. The van der Waals surface area contributed by atoms with E-state index in [1.54, 1.807) is 44.4 Å². The van der Waals surface area contributed by atoms with Gasteiger partial charge in [-0.25, -0.2) is 4.79 Å². The van der Waals surface area contributed by atoms with Gasteiger partial charge in [0.15, 0.2) is 0 Å². The first-order valence-corrected chi connectivity index (χ1v) is 20.1. The van der Waals surface area contributed by atoms with E-state index in [1.807, 2.05) is 20.8 Å². The number of nitrogens with one attached hydrogen (secondary N) is 5. The number of amides is 7. The van der Waals surface area contributed by atoms with Gasteiger partial charge in [-0.15, -0.1) is 23.2 Å². The number of halogens is 2. The van der Waals surface area contributed by atoms with Crippen LogP contribution >= 0.6 is 23.2 Å². The number of nitrogens with zero attached hydrogens (tertiary/aromatic N) is 2. The van der Waals surface area contributed by atoms with Gasteiger partial charge >= 0.3 is 6.03 Å². The predicted molar refractivity (Wildman–Crippen MR) is 207 cm³/mol. The molecule has 0 spiro atoms. The van der Waals surface area contributed by atoms with Crippen LogP contribution in [0.15, 0.2) is 30.3 Å². The fourth-order valence-corrected chi connectivity index (χ4v) is 8.86. The number of hydrogen-bond acceptors (Lipinski definition) is 7. The lowest BCUT2D eigenvalue weighted by Gasteiger charge is -2.37. The molecule has 55 heavy (non-hydrogen) atoms. The third-order valence-electron chi connectivity index (χ3n) is 11.2. The molecule has 1 aromatic rings. The molecule has 4 fully saturated rings. The highest BCUT2D eigenvalue weighted by molar-refractivity contribution is 6.51. The maximum Gasteiger partial charge on any atom is 0.315 e. The molecule has 5 rings (SSSR count). The molecule has 0 bridgehead atoms. The topological polar surface area (TPSA) is 186 Å². The Balaban J connectivity index is 1.29. The number of carbonyl (C=O) groups excluding carboxylic acids is 7. The minimum absolute atomic E-state index is 0.0883. The van der Waals surface area contributed by atoms with Crippen LogP contribution in [0.2, 0.25) is 0 Å². The van der Waals surface area contributed by atoms with Gasteiger partial charge in [0.1, 0.15) is 22.5 Å². The van der Waals surface area contributed by atoms with Crippen molar-refractivity contribution in [2.24, 2.45) is 23.7 Å². The lowest BCUT2D eigenvalue weighted by atomic mass is 9.80. The summed E-state index contributed by atoms with van der Waals surface area (Å²) in [6, 6.07) is 3.86. The molecular formula is C39H55Cl2N7O7. The number of piperidine rings is 1. The fraction of sp³-hybridized carbons (Fsp3) is 0.667. The molecule has 3 aliphatic carbocycles. The summed E-state index contributed by atoms with van der Waals surface area (Å²) >= 11 is 13.3. The Bertz CT molecular complexity index is 1630. The molecule has 7 amide bonds. The number of Topliss-reactive ketones (excluding diaryl/α,β-unsaturated/α-hetero) is 1. The molecule has 3 saturated carbocycles. The van der Waals surface area contributed by atoms with Gasteiger partial charge in [0.25, 0.3) is 5.91 Å². The zero-order chi connectivity index (χ0) is 40.2. The lowest BCUT2D eigenvalue weighted by molar-refractivity contribution is -0.144. The number of rotatable bonds is 14. The summed E-state index contributed by atoms with van der Waals surface area (Å²) in [5.41, 5.74) is -0.00320. The first-order valence-electron chi connectivity index (χ1n) is 19.3. The van der Waals surface area contributed by atoms with E-state index in [-0.39, 0.29) is 30.7 Å². The van der Waals surface area contributed by atoms with E-state index in [1.165, 1.54) is 9.80 Å². The monoisotopic (exact) mass is 803 g/mol. The SMILES string of the molecule is CN(C)C(=O)[C@@H](NC(=O)CNC(=O)C(=O)[C@H](CC1CCC1)NC(=O)[C@@H]1[C@@H]2[C@H](CN1C(=O)[C@@H](NC(=O)NC(C)(C)C)C1CCCCC1)C2(Cl)Cl)c1ccccc1. The molecule has 16 heteroatoms. The van der Waals surface area contributed by atoms with E-state index >= 15 is 0 Å². The second kappa shape index (κ2) is 17.5. The van der Waals surface area contributed by atoms with Crippen molar-refractivity contribution in [3.8, 4) is 0 Å². The van der Waals surface area contributed by atoms with Gasteiger partial charge in [0.05, 0.1) is 12.6 Å². The highest BCUT2D eigenvalue weighted by Gasteiger charge is 2.74. The summed E-state index contributed by atoms with van der Waals surface area (Å²) in [5.74, 6) is -5.23. The van der Waals surface area contributed by atoms with E-state index in [0.29, 0.717) is 5.56 Å². The van der Waals surface area contributed by atoms with Crippen LogP contribution in [-0.2, 0) is 28.8 Å². The van der Waals surface area contributed by atoms with Crippen molar-refractivity contribution in [3.05, 3.63) is 35.9 Å². The van der Waals surface area contributed by atoms with Gasteiger partial charge in [0, 0.05) is 38.0 Å². The molecule has 0 radical (unpaired) electrons. The van der Waals surface area contributed by atoms with Gasteiger partial charge < -0.3 is 36.4 Å².